The van der Waals surface area contributed by atoms with Crippen molar-refractivity contribution in [2.75, 3.05) is 13.2 Å². The molecule has 6 nitrogen and oxygen atoms in total. The van der Waals surface area contributed by atoms with E-state index in [0.717, 1.165) is 31.4 Å². The van der Waals surface area contributed by atoms with E-state index in [1.54, 1.807) is 24.3 Å². The molecule has 3 atom stereocenters. The molecule has 0 aliphatic heterocycles. The van der Waals surface area contributed by atoms with Gasteiger partial charge in [-0.15, -0.1) is 0 Å². The minimum absolute atomic E-state index is 0.213. The number of ether oxygens (including phenoxy) is 2. The molecule has 0 unspecified atom stereocenters. The number of amides is 1. The average molecular weight is 384 g/mol. The Hall–Kier alpha value is -2.57. The van der Waals surface area contributed by atoms with Gasteiger partial charge in [0, 0.05) is 12.1 Å². The molecule has 150 valence electrons. The zero-order chi connectivity index (χ0) is 19.8. The van der Waals surface area contributed by atoms with E-state index in [4.69, 9.17) is 15.2 Å². The number of hydrogen-bond donors (Lipinski definition) is 3. The molecule has 4 N–H and O–H groups in total. The highest BCUT2D eigenvalue weighted by Gasteiger charge is 2.32. The molecule has 0 bridgehead atoms. The monoisotopic (exact) mass is 384 g/mol. The van der Waals surface area contributed by atoms with Gasteiger partial charge in [0.05, 0.1) is 6.04 Å². The lowest BCUT2D eigenvalue weighted by Crippen LogP contribution is -2.49. The highest BCUT2D eigenvalue weighted by Crippen LogP contribution is 2.24. The molecule has 6 heteroatoms. The molecule has 0 saturated heterocycles. The third kappa shape index (κ3) is 5.47. The first-order valence-electron chi connectivity index (χ1n) is 9.81. The number of aliphatic hydroxyl groups excluding tert-OH is 1. The van der Waals surface area contributed by atoms with Crippen LogP contribution in [0, 0.1) is 0 Å². The largest absolute Gasteiger partial charge is 0.492 e. The maximum absolute atomic E-state index is 12.6. The van der Waals surface area contributed by atoms with Gasteiger partial charge in [0.2, 0.25) is 0 Å². The lowest BCUT2D eigenvalue weighted by atomic mass is 10.0. The molecule has 0 heterocycles. The predicted molar refractivity (Wildman–Crippen MR) is 108 cm³/mol. The van der Waals surface area contributed by atoms with E-state index in [2.05, 4.69) is 5.32 Å². The van der Waals surface area contributed by atoms with Crippen molar-refractivity contribution in [2.45, 2.75) is 43.9 Å². The van der Waals surface area contributed by atoms with Gasteiger partial charge in [-0.05, 0) is 55.7 Å². The summed E-state index contributed by atoms with van der Waals surface area (Å²) in [6.45, 7) is 0.872. The van der Waals surface area contributed by atoms with Gasteiger partial charge in [0.25, 0.3) is 5.91 Å². The summed E-state index contributed by atoms with van der Waals surface area (Å²) in [6.07, 6.45) is 2.26. The van der Waals surface area contributed by atoms with Crippen LogP contribution >= 0.6 is 0 Å². The maximum Gasteiger partial charge on any atom is 0.251 e. The summed E-state index contributed by atoms with van der Waals surface area (Å²) in [7, 11) is 0. The molecule has 1 amide bonds. The van der Waals surface area contributed by atoms with Gasteiger partial charge >= 0.3 is 0 Å². The summed E-state index contributed by atoms with van der Waals surface area (Å²) in [6, 6.07) is 16.0. The summed E-state index contributed by atoms with van der Waals surface area (Å²) in [5, 5.41) is 13.8. The van der Waals surface area contributed by atoms with Crippen LogP contribution in [0.15, 0.2) is 54.6 Å². The van der Waals surface area contributed by atoms with Crippen molar-refractivity contribution in [2.24, 2.45) is 5.73 Å². The zero-order valence-corrected chi connectivity index (χ0v) is 15.9. The van der Waals surface area contributed by atoms with E-state index in [1.807, 2.05) is 30.3 Å². The third-order valence-electron chi connectivity index (χ3n) is 4.90. The fourth-order valence-electron chi connectivity index (χ4n) is 3.40. The zero-order valence-electron chi connectivity index (χ0n) is 15.9. The van der Waals surface area contributed by atoms with Crippen molar-refractivity contribution in [3.63, 3.8) is 0 Å². The number of para-hydroxylation sites is 1. The lowest BCUT2D eigenvalue weighted by molar-refractivity contribution is 0.0129. The Balaban J connectivity index is 1.62. The van der Waals surface area contributed by atoms with Crippen LogP contribution in [0.1, 0.15) is 36.0 Å². The molecule has 2 aromatic rings. The van der Waals surface area contributed by atoms with Crippen LogP contribution in [0.5, 0.6) is 11.5 Å². The molecule has 3 rings (SSSR count). The number of nitrogens with two attached hydrogens (primary N) is 1. The number of aliphatic hydroxyl groups is 1. The second-order valence-electron chi connectivity index (χ2n) is 6.99. The standard InChI is InChI=1S/C22H28N2O4/c23-14-15-27-17-12-10-16(11-13-17)22(26)24-19-8-4-5-9-20(21(19)25)28-18-6-2-1-3-7-18/h1-3,6-7,10-13,19-21,25H,4-5,8-9,14-15,23H2,(H,24,26)/t19-,20-,21-/m1/s1. The van der Waals surface area contributed by atoms with Crippen LogP contribution in [0.4, 0.5) is 0 Å². The Bertz CT molecular complexity index is 736. The minimum Gasteiger partial charge on any atom is -0.492 e. The SMILES string of the molecule is NCCOc1ccc(C(=O)N[C@@H]2CCCC[C@@H](Oc3ccccc3)[C@@H]2O)cc1. The first-order valence-corrected chi connectivity index (χ1v) is 9.81. The number of benzene rings is 2. The van der Waals surface area contributed by atoms with Crippen molar-refractivity contribution >= 4 is 5.91 Å². The van der Waals surface area contributed by atoms with Crippen molar-refractivity contribution in [3.05, 3.63) is 60.2 Å². The van der Waals surface area contributed by atoms with Crippen molar-refractivity contribution in [1.82, 2.24) is 5.32 Å². The normalized spacial score (nSPS) is 22.1. The van der Waals surface area contributed by atoms with Gasteiger partial charge < -0.3 is 25.6 Å². The Labute approximate surface area is 165 Å². The highest BCUT2D eigenvalue weighted by molar-refractivity contribution is 5.94. The van der Waals surface area contributed by atoms with Gasteiger partial charge in [-0.25, -0.2) is 0 Å². The van der Waals surface area contributed by atoms with E-state index in [9.17, 15) is 9.90 Å². The highest BCUT2D eigenvalue weighted by atomic mass is 16.5. The predicted octanol–water partition coefficient (Wildman–Crippen LogP) is 2.50. The Morgan fingerprint density at radius 1 is 1.04 bits per heavy atom. The summed E-state index contributed by atoms with van der Waals surface area (Å²) >= 11 is 0. The molecule has 0 aromatic heterocycles. The summed E-state index contributed by atoms with van der Waals surface area (Å²) in [5.74, 6) is 1.19. The Kier molecular flexibility index (Phi) is 7.28. The molecule has 28 heavy (non-hydrogen) atoms. The first kappa shape index (κ1) is 20.2. The van der Waals surface area contributed by atoms with E-state index in [-0.39, 0.29) is 18.1 Å². The maximum atomic E-state index is 12.6. The second-order valence-corrected chi connectivity index (χ2v) is 6.99. The number of hydrogen-bond acceptors (Lipinski definition) is 5. The van der Waals surface area contributed by atoms with E-state index in [0.29, 0.717) is 24.5 Å². The average Bonchev–Trinajstić information content (AvgIpc) is 2.89. The smallest absolute Gasteiger partial charge is 0.251 e. The van der Waals surface area contributed by atoms with E-state index >= 15 is 0 Å². The van der Waals surface area contributed by atoms with E-state index in [1.165, 1.54) is 0 Å². The fraction of sp³-hybridized carbons (Fsp3) is 0.409. The number of carbonyl (C=O) groups is 1. The summed E-state index contributed by atoms with van der Waals surface area (Å²) < 4.78 is 11.4. The molecule has 1 saturated carbocycles. The number of rotatable bonds is 7. The van der Waals surface area contributed by atoms with Crippen molar-refractivity contribution in [1.29, 1.82) is 0 Å². The molecule has 1 fully saturated rings. The van der Waals surface area contributed by atoms with Gasteiger partial charge in [-0.3, -0.25) is 4.79 Å². The minimum atomic E-state index is -0.765. The topological polar surface area (TPSA) is 93.8 Å². The molecule has 0 spiro atoms. The summed E-state index contributed by atoms with van der Waals surface area (Å²) in [4.78, 5) is 12.6. The number of nitrogens with one attached hydrogen (secondary N) is 1. The number of carbonyl (C=O) groups excluding carboxylic acids is 1. The van der Waals surface area contributed by atoms with Crippen molar-refractivity contribution in [3.8, 4) is 11.5 Å². The lowest BCUT2D eigenvalue weighted by Gasteiger charge is -2.28. The van der Waals surface area contributed by atoms with Gasteiger partial charge in [0.1, 0.15) is 30.3 Å². The molecular weight excluding hydrogens is 356 g/mol. The van der Waals surface area contributed by atoms with Gasteiger partial charge in [0.15, 0.2) is 0 Å². The van der Waals surface area contributed by atoms with E-state index < -0.39 is 6.10 Å². The van der Waals surface area contributed by atoms with Crippen LogP contribution in [0.25, 0.3) is 0 Å². The second kappa shape index (κ2) is 10.1. The molecule has 1 aliphatic rings. The molecule has 1 aliphatic carbocycles. The van der Waals surface area contributed by atoms with Crippen molar-refractivity contribution < 1.29 is 19.4 Å². The molecular formula is C22H28N2O4. The van der Waals surface area contributed by atoms with Crippen LogP contribution in [0.3, 0.4) is 0 Å². The van der Waals surface area contributed by atoms with Crippen LogP contribution < -0.4 is 20.5 Å². The Morgan fingerprint density at radius 2 is 1.75 bits per heavy atom. The Morgan fingerprint density at radius 3 is 2.46 bits per heavy atom. The molecule has 2 aromatic carbocycles. The quantitative estimate of drug-likeness (QED) is 0.638. The van der Waals surface area contributed by atoms with Gasteiger partial charge in [-0.1, -0.05) is 24.6 Å². The van der Waals surface area contributed by atoms with Gasteiger partial charge in [-0.2, -0.15) is 0 Å². The molecule has 0 radical (unpaired) electrons. The first-order chi connectivity index (χ1) is 13.7. The van der Waals surface area contributed by atoms with Crippen LogP contribution in [-0.2, 0) is 0 Å². The fourth-order valence-corrected chi connectivity index (χ4v) is 3.40. The summed E-state index contributed by atoms with van der Waals surface area (Å²) in [5.41, 5.74) is 5.95. The third-order valence-corrected chi connectivity index (χ3v) is 4.90. The van der Waals surface area contributed by atoms with Crippen LogP contribution in [0.2, 0.25) is 0 Å². The van der Waals surface area contributed by atoms with Crippen LogP contribution in [-0.4, -0.2) is 42.4 Å².